The summed E-state index contributed by atoms with van der Waals surface area (Å²) in [4.78, 5) is 1.21. The monoisotopic (exact) mass is 315 g/mol. The van der Waals surface area contributed by atoms with Crippen LogP contribution in [-0.4, -0.2) is 0 Å². The van der Waals surface area contributed by atoms with Crippen LogP contribution in [-0.2, 0) is 6.54 Å². The topological polar surface area (TPSA) is 26.0 Å². The van der Waals surface area contributed by atoms with Crippen molar-refractivity contribution < 1.29 is 0 Å². The summed E-state index contributed by atoms with van der Waals surface area (Å²) in [5.41, 5.74) is 9.14. The number of hydrogen-bond donors (Lipinski definition) is 1. The van der Waals surface area contributed by atoms with Crippen LogP contribution in [0.5, 0.6) is 0 Å². The molecule has 1 aromatic heterocycles. The molecule has 0 saturated heterocycles. The minimum absolute atomic E-state index is 0.477. The van der Waals surface area contributed by atoms with Crippen LogP contribution in [0.15, 0.2) is 28.7 Å². The van der Waals surface area contributed by atoms with Crippen LogP contribution in [0.3, 0.4) is 0 Å². The van der Waals surface area contributed by atoms with E-state index < -0.39 is 0 Å². The third-order valence-electron chi connectivity index (χ3n) is 2.45. The number of benzene rings is 1. The molecular formula is C12H11BrClNS. The lowest BCUT2D eigenvalue weighted by molar-refractivity contribution is 1.08. The number of halogens is 2. The molecule has 2 aromatic rings. The fourth-order valence-corrected chi connectivity index (χ4v) is 3.60. The molecule has 0 unspecified atom stereocenters. The van der Waals surface area contributed by atoms with Gasteiger partial charge in [0.15, 0.2) is 0 Å². The van der Waals surface area contributed by atoms with Crippen molar-refractivity contribution in [3.8, 4) is 11.1 Å². The third kappa shape index (κ3) is 2.18. The van der Waals surface area contributed by atoms with E-state index >= 15 is 0 Å². The Kier molecular flexibility index (Phi) is 3.70. The predicted octanol–water partition coefficient (Wildman–Crippen LogP) is 4.60. The van der Waals surface area contributed by atoms with E-state index in [1.807, 2.05) is 12.1 Å². The summed E-state index contributed by atoms with van der Waals surface area (Å²) in [6, 6.07) is 8.19. The van der Waals surface area contributed by atoms with Gasteiger partial charge in [-0.25, -0.2) is 0 Å². The Morgan fingerprint density at radius 2 is 2.19 bits per heavy atom. The van der Waals surface area contributed by atoms with Crippen molar-refractivity contribution in [2.24, 2.45) is 5.73 Å². The molecule has 0 fully saturated rings. The molecule has 2 rings (SSSR count). The summed E-state index contributed by atoms with van der Waals surface area (Å²) in [5.74, 6) is 0. The van der Waals surface area contributed by atoms with E-state index in [1.165, 1.54) is 10.4 Å². The zero-order valence-electron chi connectivity index (χ0n) is 8.76. The molecule has 0 radical (unpaired) electrons. The molecule has 1 heterocycles. The highest BCUT2D eigenvalue weighted by Crippen LogP contribution is 2.39. The Balaban J connectivity index is 2.63. The van der Waals surface area contributed by atoms with Gasteiger partial charge in [-0.15, -0.1) is 11.3 Å². The Hall–Kier alpha value is -0.350. The minimum Gasteiger partial charge on any atom is -0.326 e. The molecule has 16 heavy (non-hydrogen) atoms. The molecule has 0 amide bonds. The summed E-state index contributed by atoms with van der Waals surface area (Å²) < 4.78 is 1.87. The number of hydrogen-bond acceptors (Lipinski definition) is 2. The van der Waals surface area contributed by atoms with Gasteiger partial charge in [0, 0.05) is 27.0 Å². The van der Waals surface area contributed by atoms with Crippen molar-refractivity contribution in [3.05, 3.63) is 43.5 Å². The van der Waals surface area contributed by atoms with Crippen LogP contribution >= 0.6 is 38.9 Å². The Morgan fingerprint density at radius 3 is 2.81 bits per heavy atom. The summed E-state index contributed by atoms with van der Waals surface area (Å²) in [6.45, 7) is 2.55. The van der Waals surface area contributed by atoms with Gasteiger partial charge in [0.25, 0.3) is 0 Å². The molecule has 1 nitrogen and oxygen atoms in total. The lowest BCUT2D eigenvalue weighted by atomic mass is 10.0. The van der Waals surface area contributed by atoms with Crippen LogP contribution in [0.1, 0.15) is 10.4 Å². The highest BCUT2D eigenvalue weighted by atomic mass is 79.9. The van der Waals surface area contributed by atoms with Gasteiger partial charge in [-0.05, 0) is 24.6 Å². The number of thiophene rings is 1. The smallest absolute Gasteiger partial charge is 0.0982 e. The SMILES string of the molecule is Cc1sc(Cl)c(CN)c1-c1cccc(Br)c1. The second-order valence-electron chi connectivity index (χ2n) is 3.50. The summed E-state index contributed by atoms with van der Waals surface area (Å²) in [7, 11) is 0. The second-order valence-corrected chi connectivity index (χ2v) is 6.24. The average molecular weight is 317 g/mol. The molecule has 0 aliphatic carbocycles. The quantitative estimate of drug-likeness (QED) is 0.861. The first kappa shape index (κ1) is 12.1. The predicted molar refractivity (Wildman–Crippen MR) is 75.1 cm³/mol. The van der Waals surface area contributed by atoms with Gasteiger partial charge in [0.1, 0.15) is 0 Å². The van der Waals surface area contributed by atoms with E-state index in [4.69, 9.17) is 17.3 Å². The number of nitrogens with two attached hydrogens (primary N) is 1. The van der Waals surface area contributed by atoms with Crippen LogP contribution < -0.4 is 5.73 Å². The van der Waals surface area contributed by atoms with Crippen molar-refractivity contribution in [1.82, 2.24) is 0 Å². The van der Waals surface area contributed by atoms with E-state index in [1.54, 1.807) is 11.3 Å². The van der Waals surface area contributed by atoms with E-state index in [-0.39, 0.29) is 0 Å². The lowest BCUT2D eigenvalue weighted by Crippen LogP contribution is -1.97. The van der Waals surface area contributed by atoms with Crippen molar-refractivity contribution in [1.29, 1.82) is 0 Å². The summed E-state index contributed by atoms with van der Waals surface area (Å²) in [5, 5.41) is 0. The first-order chi connectivity index (χ1) is 7.63. The van der Waals surface area contributed by atoms with Crippen molar-refractivity contribution in [2.45, 2.75) is 13.5 Å². The zero-order valence-corrected chi connectivity index (χ0v) is 11.9. The summed E-state index contributed by atoms with van der Waals surface area (Å²) in [6.07, 6.45) is 0. The maximum Gasteiger partial charge on any atom is 0.0982 e. The van der Waals surface area contributed by atoms with Gasteiger partial charge < -0.3 is 5.73 Å². The fraction of sp³-hybridized carbons (Fsp3) is 0.167. The van der Waals surface area contributed by atoms with Crippen LogP contribution in [0.25, 0.3) is 11.1 Å². The molecular weight excluding hydrogens is 306 g/mol. The standard InChI is InChI=1S/C12H11BrClNS/c1-7-11(10(6-15)12(14)16-7)8-3-2-4-9(13)5-8/h2-5H,6,15H2,1H3. The van der Waals surface area contributed by atoms with Crippen LogP contribution in [0.2, 0.25) is 4.34 Å². The fourth-order valence-electron chi connectivity index (χ4n) is 1.76. The largest absolute Gasteiger partial charge is 0.326 e. The number of rotatable bonds is 2. The molecule has 1 aromatic carbocycles. The molecule has 0 bridgehead atoms. The second kappa shape index (κ2) is 4.88. The molecule has 0 spiro atoms. The van der Waals surface area contributed by atoms with Crippen LogP contribution in [0.4, 0.5) is 0 Å². The van der Waals surface area contributed by atoms with E-state index in [0.717, 1.165) is 19.9 Å². The molecule has 0 aliphatic rings. The van der Waals surface area contributed by atoms with Crippen molar-refractivity contribution in [3.63, 3.8) is 0 Å². The molecule has 0 saturated carbocycles. The summed E-state index contributed by atoms with van der Waals surface area (Å²) >= 11 is 11.2. The Morgan fingerprint density at radius 1 is 1.44 bits per heavy atom. The highest BCUT2D eigenvalue weighted by Gasteiger charge is 2.14. The van der Waals surface area contributed by atoms with Gasteiger partial charge in [0.05, 0.1) is 4.34 Å². The van der Waals surface area contributed by atoms with E-state index in [2.05, 4.69) is 35.0 Å². The lowest BCUT2D eigenvalue weighted by Gasteiger charge is -2.05. The molecule has 0 atom stereocenters. The Bertz CT molecular complexity index is 522. The van der Waals surface area contributed by atoms with E-state index in [9.17, 15) is 0 Å². The van der Waals surface area contributed by atoms with Gasteiger partial charge in [-0.1, -0.05) is 39.7 Å². The maximum atomic E-state index is 6.17. The molecule has 2 N–H and O–H groups in total. The number of aryl methyl sites for hydroxylation is 1. The maximum absolute atomic E-state index is 6.17. The highest BCUT2D eigenvalue weighted by molar-refractivity contribution is 9.10. The normalized spacial score (nSPS) is 10.8. The zero-order chi connectivity index (χ0) is 11.7. The molecule has 4 heteroatoms. The van der Waals surface area contributed by atoms with Crippen molar-refractivity contribution in [2.75, 3.05) is 0 Å². The third-order valence-corrected chi connectivity index (χ3v) is 4.34. The first-order valence-electron chi connectivity index (χ1n) is 4.87. The van der Waals surface area contributed by atoms with Gasteiger partial charge in [0.2, 0.25) is 0 Å². The molecule has 84 valence electrons. The molecule has 0 aliphatic heterocycles. The van der Waals surface area contributed by atoms with E-state index in [0.29, 0.717) is 6.54 Å². The minimum atomic E-state index is 0.477. The van der Waals surface area contributed by atoms with Gasteiger partial charge >= 0.3 is 0 Å². The van der Waals surface area contributed by atoms with Crippen LogP contribution in [0, 0.1) is 6.92 Å². The first-order valence-corrected chi connectivity index (χ1v) is 6.86. The average Bonchev–Trinajstić information content (AvgIpc) is 2.52. The van der Waals surface area contributed by atoms with Gasteiger partial charge in [-0.2, -0.15) is 0 Å². The van der Waals surface area contributed by atoms with Gasteiger partial charge in [-0.3, -0.25) is 0 Å². The van der Waals surface area contributed by atoms with Crippen molar-refractivity contribution >= 4 is 38.9 Å². The Labute approximate surface area is 112 Å².